The van der Waals surface area contributed by atoms with E-state index in [1.165, 1.54) is 36.4 Å². The van der Waals surface area contributed by atoms with Crippen molar-refractivity contribution < 1.29 is 41.1 Å². The van der Waals surface area contributed by atoms with Gasteiger partial charge >= 0.3 is 0 Å². The van der Waals surface area contributed by atoms with E-state index in [4.69, 9.17) is 13.6 Å². The van der Waals surface area contributed by atoms with Crippen molar-refractivity contribution in [3.8, 4) is 34.0 Å². The molecule has 3 amide bonds. The van der Waals surface area contributed by atoms with Crippen molar-refractivity contribution in [2.24, 2.45) is 35.5 Å². The largest absolute Gasteiger partial charge is 0.356 e. The molecule has 11 rings (SSSR count). The highest BCUT2D eigenvalue weighted by Gasteiger charge is 2.49. The van der Waals surface area contributed by atoms with E-state index in [1.54, 1.807) is 36.4 Å². The highest BCUT2D eigenvalue weighted by Crippen LogP contribution is 2.47. The molecule has 3 saturated heterocycles. The lowest BCUT2D eigenvalue weighted by Gasteiger charge is -2.42. The number of hydrogen-bond donors (Lipinski definition) is 3. The normalized spacial score (nSPS) is 24.2. The molecule has 7 aromatic rings. The summed E-state index contributed by atoms with van der Waals surface area (Å²) in [5.41, 5.74) is 6.31. The van der Waals surface area contributed by atoms with E-state index < -0.39 is 12.1 Å². The fraction of sp³-hybridized carbons (Fsp3) is 0.463. The third-order valence-electron chi connectivity index (χ3n) is 18.1. The molecule has 85 heavy (non-hydrogen) atoms. The Morgan fingerprint density at radius 2 is 1.01 bits per heavy atom. The molecule has 11 unspecified atom stereocenters. The summed E-state index contributed by atoms with van der Waals surface area (Å²) in [7, 11) is 0. The summed E-state index contributed by atoms with van der Waals surface area (Å²) in [5, 5.41) is 23.3. The van der Waals surface area contributed by atoms with Gasteiger partial charge in [-0.2, -0.15) is 0 Å². The van der Waals surface area contributed by atoms with Gasteiger partial charge in [0.2, 0.25) is 17.7 Å². The van der Waals surface area contributed by atoms with Gasteiger partial charge in [-0.25, -0.2) is 13.2 Å². The lowest BCUT2D eigenvalue weighted by atomic mass is 9.88. The van der Waals surface area contributed by atoms with Gasteiger partial charge in [-0.3, -0.25) is 29.1 Å². The molecular weight excluding hydrogens is 1080 g/mol. The summed E-state index contributed by atoms with van der Waals surface area (Å²) in [6.07, 6.45) is 5.43. The molecule has 0 spiro atoms. The van der Waals surface area contributed by atoms with E-state index in [0.717, 1.165) is 41.5 Å². The summed E-state index contributed by atoms with van der Waals surface area (Å²) >= 11 is 0. The van der Waals surface area contributed by atoms with Gasteiger partial charge < -0.3 is 29.5 Å². The molecule has 3 aromatic heterocycles. The van der Waals surface area contributed by atoms with E-state index in [1.807, 2.05) is 24.3 Å². The summed E-state index contributed by atoms with van der Waals surface area (Å²) < 4.78 is 58.5. The zero-order valence-corrected chi connectivity index (χ0v) is 49.4. The second-order valence-electron chi connectivity index (χ2n) is 25.2. The second-order valence-corrected chi connectivity index (χ2v) is 25.2. The first-order valence-electron chi connectivity index (χ1n) is 30.4. The molecule has 448 valence electrons. The van der Waals surface area contributed by atoms with Crippen LogP contribution in [0.3, 0.4) is 0 Å². The average Bonchev–Trinajstić information content (AvgIpc) is 4.06. The molecule has 18 heteroatoms. The Balaban J connectivity index is 0.753. The molecule has 6 heterocycles. The highest BCUT2D eigenvalue weighted by atomic mass is 19.1. The van der Waals surface area contributed by atoms with E-state index in [-0.39, 0.29) is 77.1 Å². The van der Waals surface area contributed by atoms with Crippen molar-refractivity contribution in [1.82, 2.24) is 46.1 Å². The van der Waals surface area contributed by atoms with E-state index in [0.29, 0.717) is 123 Å². The molecule has 3 aliphatic heterocycles. The quantitative estimate of drug-likeness (QED) is 0.0554. The molecule has 4 aliphatic rings. The first kappa shape index (κ1) is 59.3. The van der Waals surface area contributed by atoms with Crippen LogP contribution in [0.1, 0.15) is 114 Å². The SMILES string of the molecule is CCC(C)C1CN(Cc2cc(-c3ccc(F)cc3)on2)C(CC(C)Cc2cccc(C3CN(Cc4cc(-c5ccc(F)cc5)on4)C(CC(C)CC4CC4C4CN(Cc5cc(-c6ccc(F)cc6)on5)C(CC(C)C)C(=O)N4)C(=O)N3)c2)C(=O)N1. The minimum absolute atomic E-state index is 0.00194. The Kier molecular flexibility index (Phi) is 18.2. The van der Waals surface area contributed by atoms with Crippen molar-refractivity contribution in [1.29, 1.82) is 0 Å². The first-order valence-corrected chi connectivity index (χ1v) is 30.4. The molecule has 15 nitrogen and oxygen atoms in total. The van der Waals surface area contributed by atoms with Gasteiger partial charge in [0.05, 0.1) is 41.2 Å². The summed E-state index contributed by atoms with van der Waals surface area (Å²) in [5.74, 6) is 2.09. The Morgan fingerprint density at radius 1 is 0.541 bits per heavy atom. The number of amides is 3. The number of nitrogens with zero attached hydrogens (tertiary/aromatic N) is 6. The van der Waals surface area contributed by atoms with Crippen LogP contribution in [0.5, 0.6) is 0 Å². The Bertz CT molecular complexity index is 3400. The summed E-state index contributed by atoms with van der Waals surface area (Å²) in [6.45, 7) is 16.0. The van der Waals surface area contributed by atoms with Crippen LogP contribution >= 0.6 is 0 Å². The standard InChI is InChI=1S/C67H78F3N9O6/c1-7-42(6)56-36-77(33-52-30-62(83-74-52)44-11-17-49(68)18-12-44)60(66(81)71-56)26-40(4)24-43-9-8-10-47(28-43)57-37-78(34-53-31-63(84-75-53)45-13-19-50(69)20-14-45)61(67(82)72-57)27-41(5)25-48-29-55(48)58-38-79(59(23-39(2)3)65(80)73-58)35-54-32-64(85-76-54)46-15-21-51(70)22-16-46/h8-22,28,30-32,39-42,48,55-61H,7,23-27,29,33-38H2,1-6H3,(H,71,81)(H,72,82)(H,73,80). The van der Waals surface area contributed by atoms with Crippen molar-refractivity contribution >= 4 is 17.7 Å². The van der Waals surface area contributed by atoms with E-state index >= 15 is 0 Å². The number of aromatic nitrogens is 3. The second kappa shape index (κ2) is 26.1. The van der Waals surface area contributed by atoms with Crippen LogP contribution in [-0.2, 0) is 40.4 Å². The fourth-order valence-electron chi connectivity index (χ4n) is 13.2. The topological polar surface area (TPSA) is 175 Å². The molecule has 3 N–H and O–H groups in total. The molecule has 0 bridgehead atoms. The van der Waals surface area contributed by atoms with Gasteiger partial charge in [0.1, 0.15) is 17.5 Å². The maximum atomic E-state index is 14.7. The van der Waals surface area contributed by atoms with Crippen molar-refractivity contribution in [3.05, 3.63) is 161 Å². The molecular formula is C67H78F3N9O6. The number of rotatable bonds is 23. The summed E-state index contributed by atoms with van der Waals surface area (Å²) in [4.78, 5) is 49.3. The zero-order chi connectivity index (χ0) is 59.5. The Labute approximate surface area is 495 Å². The van der Waals surface area contributed by atoms with Crippen molar-refractivity contribution in [2.45, 2.75) is 142 Å². The van der Waals surface area contributed by atoms with Gasteiger partial charge in [0.25, 0.3) is 0 Å². The van der Waals surface area contributed by atoms with Crippen LogP contribution in [0.25, 0.3) is 34.0 Å². The van der Waals surface area contributed by atoms with E-state index in [9.17, 15) is 27.6 Å². The number of carbonyl (C=O) groups excluding carboxylic acids is 3. The van der Waals surface area contributed by atoms with Crippen LogP contribution in [0, 0.1) is 53.0 Å². The number of piperazine rings is 3. The molecule has 4 aromatic carbocycles. The van der Waals surface area contributed by atoms with Gasteiger partial charge in [0.15, 0.2) is 17.3 Å². The van der Waals surface area contributed by atoms with Crippen LogP contribution in [0.4, 0.5) is 13.2 Å². The molecule has 1 saturated carbocycles. The zero-order valence-electron chi connectivity index (χ0n) is 49.4. The average molecular weight is 1160 g/mol. The molecule has 4 fully saturated rings. The molecule has 0 radical (unpaired) electrons. The minimum atomic E-state index is -0.460. The van der Waals surface area contributed by atoms with Crippen LogP contribution in [-0.4, -0.2) is 97.7 Å². The Hall–Kier alpha value is -7.41. The van der Waals surface area contributed by atoms with Gasteiger partial charge in [-0.1, -0.05) is 87.7 Å². The third-order valence-corrected chi connectivity index (χ3v) is 18.1. The number of hydrogen-bond acceptors (Lipinski definition) is 12. The summed E-state index contributed by atoms with van der Waals surface area (Å²) in [6, 6.07) is 30.8. The highest BCUT2D eigenvalue weighted by molar-refractivity contribution is 5.84. The van der Waals surface area contributed by atoms with Gasteiger partial charge in [-0.05, 0) is 158 Å². The van der Waals surface area contributed by atoms with Crippen molar-refractivity contribution in [3.63, 3.8) is 0 Å². The third kappa shape index (κ3) is 14.5. The van der Waals surface area contributed by atoms with E-state index in [2.05, 4.69) is 106 Å². The number of carbonyl (C=O) groups is 3. The number of nitrogens with one attached hydrogen (secondary N) is 3. The van der Waals surface area contributed by atoms with Crippen LogP contribution < -0.4 is 16.0 Å². The van der Waals surface area contributed by atoms with Gasteiger partial charge in [-0.15, -0.1) is 0 Å². The predicted molar refractivity (Wildman–Crippen MR) is 316 cm³/mol. The first-order chi connectivity index (χ1) is 41.0. The number of halogens is 3. The van der Waals surface area contributed by atoms with Crippen LogP contribution in [0.2, 0.25) is 0 Å². The maximum absolute atomic E-state index is 14.7. The van der Waals surface area contributed by atoms with Gasteiger partial charge in [0, 0.05) is 86.2 Å². The minimum Gasteiger partial charge on any atom is -0.356 e. The molecule has 11 atom stereocenters. The monoisotopic (exact) mass is 1160 g/mol. The smallest absolute Gasteiger partial charge is 0.237 e. The lowest BCUT2D eigenvalue weighted by Crippen LogP contribution is -2.61. The fourth-order valence-corrected chi connectivity index (χ4v) is 13.2. The maximum Gasteiger partial charge on any atom is 0.237 e. The van der Waals surface area contributed by atoms with Crippen LogP contribution in [0.15, 0.2) is 129 Å². The predicted octanol–water partition coefficient (Wildman–Crippen LogP) is 11.6. The molecule has 1 aliphatic carbocycles. The van der Waals surface area contributed by atoms with Crippen molar-refractivity contribution in [2.75, 3.05) is 19.6 Å². The lowest BCUT2D eigenvalue weighted by molar-refractivity contribution is -0.133. The Morgan fingerprint density at radius 3 is 1.53 bits per heavy atom. The number of benzene rings is 4.